The Morgan fingerprint density at radius 3 is 1.77 bits per heavy atom. The maximum absolute atomic E-state index is 14.3. The van der Waals surface area contributed by atoms with E-state index < -0.39 is 105 Å². The van der Waals surface area contributed by atoms with Crippen molar-refractivity contribution in [2.75, 3.05) is 25.6 Å². The topological polar surface area (TPSA) is 153 Å². The molecule has 0 aromatic heterocycles. The Morgan fingerprint density at radius 2 is 1.23 bits per heavy atom. The fourth-order valence-electron chi connectivity index (χ4n) is 7.87. The number of hydrogen-bond acceptors (Lipinski definition) is 15. The Balaban J connectivity index is 1.31. The number of fused-ring (bicyclic) bond motifs is 2. The number of hydrogen-bond donors (Lipinski definition) is 0. The Labute approximate surface area is 387 Å². The minimum absolute atomic E-state index is 0.0212. The molecular weight excluding hydrogens is 873 g/mol. The van der Waals surface area contributed by atoms with Crippen molar-refractivity contribution in [3.63, 3.8) is 0 Å². The van der Waals surface area contributed by atoms with E-state index in [0.717, 1.165) is 11.1 Å². The Kier molecular flexibility index (Phi) is 16.0. The molecule has 354 valence electrons. The summed E-state index contributed by atoms with van der Waals surface area (Å²) in [4.78, 5) is 40.3. The predicted molar refractivity (Wildman–Crippen MR) is 243 cm³/mol. The van der Waals surface area contributed by atoms with E-state index in [2.05, 4.69) is 33.9 Å². The van der Waals surface area contributed by atoms with Crippen LogP contribution >= 0.6 is 11.8 Å². The van der Waals surface area contributed by atoms with Gasteiger partial charge in [0.15, 0.2) is 39.4 Å². The summed E-state index contributed by atoms with van der Waals surface area (Å²) in [6, 6.07) is 27.8. The van der Waals surface area contributed by atoms with Crippen molar-refractivity contribution < 1.29 is 66.2 Å². The van der Waals surface area contributed by atoms with Gasteiger partial charge in [0, 0.05) is 18.1 Å². The molecule has 4 saturated heterocycles. The lowest BCUT2D eigenvalue weighted by Crippen LogP contribution is -2.69. The second-order valence-corrected chi connectivity index (χ2v) is 25.0. The maximum atomic E-state index is 14.3. The largest absolute Gasteiger partial charge is 0.466 e. The highest BCUT2D eigenvalue weighted by Gasteiger charge is 2.59. The molecule has 4 aliphatic rings. The Bertz CT molecular complexity index is 2030. The van der Waals surface area contributed by atoms with Crippen LogP contribution in [0.3, 0.4) is 0 Å². The van der Waals surface area contributed by atoms with Gasteiger partial charge in [-0.1, -0.05) is 107 Å². The van der Waals surface area contributed by atoms with Gasteiger partial charge in [0.05, 0.1) is 30.8 Å². The molecule has 0 amide bonds. The average Bonchev–Trinajstić information content (AvgIpc) is 3.28. The van der Waals surface area contributed by atoms with Crippen molar-refractivity contribution in [2.45, 2.75) is 146 Å². The third kappa shape index (κ3) is 11.7. The summed E-state index contributed by atoms with van der Waals surface area (Å²) in [6.07, 6.45) is -10.0. The quantitative estimate of drug-likeness (QED) is 0.0815. The van der Waals surface area contributed by atoms with Gasteiger partial charge >= 0.3 is 17.9 Å². The minimum Gasteiger partial charge on any atom is -0.466 e. The fraction of sp³-hybridized carbons (Fsp3) is 0.571. The van der Waals surface area contributed by atoms with Gasteiger partial charge < -0.3 is 51.8 Å². The van der Waals surface area contributed by atoms with E-state index in [-0.39, 0.29) is 31.3 Å². The van der Waals surface area contributed by atoms with E-state index in [9.17, 15) is 14.4 Å². The standard InChI is InChI=1S/C49H64O14SSi/c1-10-64-46-41(62-47(52)49(6,7)26-27-53-30(2)50)38(36-35(57-46)29-55-43(59-36)32-22-16-12-17-23-32)61-45-40(58-42(51)31-20-14-11-15-21-31)39(63-65(8,9)48(3,4)5)37-34(56-45)28-54-44(60-37)33-24-18-13-19-25-33/h11-25,34-41,43-46H,10,26-29H2,1-9H3/t34?,35?,36-,37-,38-,39-,40?,41?,43?,44?,45-,46-/m0/s1. The molecule has 14 nitrogen and oxygen atoms in total. The lowest BCUT2D eigenvalue weighted by Gasteiger charge is -2.54. The van der Waals surface area contributed by atoms with Crippen LogP contribution in [0.1, 0.15) is 89.0 Å². The van der Waals surface area contributed by atoms with Gasteiger partial charge in [-0.15, -0.1) is 11.8 Å². The van der Waals surface area contributed by atoms with Gasteiger partial charge in [0.2, 0.25) is 0 Å². The van der Waals surface area contributed by atoms with Crippen LogP contribution in [-0.4, -0.2) is 112 Å². The van der Waals surface area contributed by atoms with Crippen molar-refractivity contribution in [1.82, 2.24) is 0 Å². The van der Waals surface area contributed by atoms with Crippen molar-refractivity contribution in [2.24, 2.45) is 5.41 Å². The number of thioether (sulfide) groups is 1. The molecule has 12 atom stereocenters. The van der Waals surface area contributed by atoms with E-state index >= 15 is 0 Å². The van der Waals surface area contributed by atoms with Crippen molar-refractivity contribution in [3.05, 3.63) is 108 Å². The number of carbonyl (C=O) groups excluding carboxylic acids is 3. The third-order valence-corrected chi connectivity index (χ3v) is 18.2. The summed E-state index contributed by atoms with van der Waals surface area (Å²) in [5.41, 5.74) is 0.0764. The number of ether oxygens (including phenoxy) is 10. The van der Waals surface area contributed by atoms with Crippen LogP contribution in [-0.2, 0) is 61.4 Å². The van der Waals surface area contributed by atoms with Gasteiger partial charge in [-0.3, -0.25) is 9.59 Å². The minimum atomic E-state index is -2.68. The highest BCUT2D eigenvalue weighted by Crippen LogP contribution is 2.46. The molecule has 0 saturated carbocycles. The summed E-state index contributed by atoms with van der Waals surface area (Å²) in [5, 5.41) is -0.266. The lowest BCUT2D eigenvalue weighted by molar-refractivity contribution is -0.387. The van der Waals surface area contributed by atoms with E-state index in [1.54, 1.807) is 38.1 Å². The number of benzene rings is 3. The van der Waals surface area contributed by atoms with E-state index in [1.165, 1.54) is 18.7 Å². The third-order valence-electron chi connectivity index (χ3n) is 12.7. The van der Waals surface area contributed by atoms with Crippen LogP contribution in [0.25, 0.3) is 0 Å². The molecule has 3 aromatic carbocycles. The van der Waals surface area contributed by atoms with Gasteiger partial charge in [-0.25, -0.2) is 4.79 Å². The number of rotatable bonds is 15. The highest BCUT2D eigenvalue weighted by molar-refractivity contribution is 7.99. The van der Waals surface area contributed by atoms with Crippen LogP contribution in [0.2, 0.25) is 18.1 Å². The summed E-state index contributed by atoms with van der Waals surface area (Å²) in [5.74, 6) is -1.02. The van der Waals surface area contributed by atoms with Gasteiger partial charge in [0.25, 0.3) is 0 Å². The zero-order valence-electron chi connectivity index (χ0n) is 38.7. The molecule has 3 aromatic rings. The van der Waals surface area contributed by atoms with E-state index in [1.807, 2.05) is 73.7 Å². The average molecular weight is 937 g/mol. The first-order valence-corrected chi connectivity index (χ1v) is 26.4. The SMILES string of the molecule is CCS[C@@H]1OC2COC(c3ccccc3)O[C@@H]2[C@H](O[C@@H]2OC3COC(c4ccccc4)O[C@@H]3[C@H](O[Si](C)(C)C(C)(C)C)C2OC(=O)c2ccccc2)C1OC(=O)C(C)(C)CCOC(C)=O. The van der Waals surface area contributed by atoms with Gasteiger partial charge in [-0.05, 0) is 56.3 Å². The smallest absolute Gasteiger partial charge is 0.338 e. The molecule has 0 spiro atoms. The van der Waals surface area contributed by atoms with Crippen LogP contribution in [0.15, 0.2) is 91.0 Å². The van der Waals surface area contributed by atoms with Crippen molar-refractivity contribution >= 4 is 38.0 Å². The normalized spacial score (nSPS) is 30.6. The van der Waals surface area contributed by atoms with Gasteiger partial charge in [0.1, 0.15) is 42.1 Å². The first-order chi connectivity index (χ1) is 31.0. The molecule has 0 radical (unpaired) electrons. The summed E-state index contributed by atoms with van der Waals surface area (Å²) < 4.78 is 72.6. The summed E-state index contributed by atoms with van der Waals surface area (Å²) in [7, 11) is -2.68. The molecule has 65 heavy (non-hydrogen) atoms. The Hall–Kier alpha value is -3.68. The molecule has 0 bridgehead atoms. The first-order valence-electron chi connectivity index (χ1n) is 22.5. The van der Waals surface area contributed by atoms with Crippen LogP contribution in [0, 0.1) is 5.41 Å². The molecule has 4 heterocycles. The molecule has 4 aliphatic heterocycles. The molecular formula is C49H64O14SSi. The number of esters is 3. The van der Waals surface area contributed by atoms with Crippen molar-refractivity contribution in [1.29, 1.82) is 0 Å². The zero-order chi connectivity index (χ0) is 46.5. The summed E-state index contributed by atoms with van der Waals surface area (Å²) in [6.45, 7) is 17.7. The van der Waals surface area contributed by atoms with Crippen LogP contribution in [0.5, 0.6) is 0 Å². The van der Waals surface area contributed by atoms with Crippen LogP contribution < -0.4 is 0 Å². The maximum Gasteiger partial charge on any atom is 0.338 e. The van der Waals surface area contributed by atoms with E-state index in [4.69, 9.17) is 51.8 Å². The zero-order valence-corrected chi connectivity index (χ0v) is 40.6. The Morgan fingerprint density at radius 1 is 0.692 bits per heavy atom. The monoisotopic (exact) mass is 936 g/mol. The van der Waals surface area contributed by atoms with Crippen molar-refractivity contribution in [3.8, 4) is 0 Å². The second kappa shape index (κ2) is 21.1. The predicted octanol–water partition coefficient (Wildman–Crippen LogP) is 8.31. The number of carbonyl (C=O) groups is 3. The van der Waals surface area contributed by atoms with Crippen LogP contribution in [0.4, 0.5) is 0 Å². The van der Waals surface area contributed by atoms with Gasteiger partial charge in [-0.2, -0.15) is 0 Å². The molecule has 0 aliphatic carbocycles. The lowest BCUT2D eigenvalue weighted by atomic mass is 9.89. The van der Waals surface area contributed by atoms with E-state index in [0.29, 0.717) is 11.3 Å². The summed E-state index contributed by atoms with van der Waals surface area (Å²) >= 11 is 1.44. The molecule has 7 rings (SSSR count). The molecule has 16 heteroatoms. The fourth-order valence-corrected chi connectivity index (χ4v) is 10.1. The first kappa shape index (κ1) is 49.2. The molecule has 4 fully saturated rings. The highest BCUT2D eigenvalue weighted by atomic mass is 32.2. The molecule has 6 unspecified atom stereocenters. The molecule has 0 N–H and O–H groups in total. The second-order valence-electron chi connectivity index (χ2n) is 18.9.